The fraction of sp³-hybridized carbons (Fsp3) is 0.259. The number of nitrogens with one attached hydrogen (secondary N) is 1. The molecule has 34 heavy (non-hydrogen) atoms. The van der Waals surface area contributed by atoms with Crippen LogP contribution in [0.15, 0.2) is 72.8 Å². The molecule has 3 rings (SSSR count). The largest absolute Gasteiger partial charge is 0.497 e. The second kappa shape index (κ2) is 11.1. The molecule has 0 spiro atoms. The van der Waals surface area contributed by atoms with Crippen LogP contribution < -0.4 is 14.8 Å². The van der Waals surface area contributed by atoms with Crippen LogP contribution in [0.3, 0.4) is 0 Å². The van der Waals surface area contributed by atoms with Crippen LogP contribution in [0.2, 0.25) is 5.02 Å². The molecule has 6 nitrogen and oxygen atoms in total. The molecule has 0 fully saturated rings. The second-order valence-electron chi connectivity index (χ2n) is 8.35. The van der Waals surface area contributed by atoms with Crippen LogP contribution in [0.5, 0.6) is 11.5 Å². The molecule has 0 aromatic heterocycles. The molecule has 7 heteroatoms. The van der Waals surface area contributed by atoms with Gasteiger partial charge in [-0.2, -0.15) is 0 Å². The van der Waals surface area contributed by atoms with Crippen molar-refractivity contribution in [3.63, 3.8) is 0 Å². The van der Waals surface area contributed by atoms with Gasteiger partial charge in [0.25, 0.3) is 0 Å². The molecule has 0 bridgehead atoms. The molecular weight excluding hydrogens is 452 g/mol. The fourth-order valence-corrected chi connectivity index (χ4v) is 3.66. The molecule has 0 unspecified atom stereocenters. The van der Waals surface area contributed by atoms with Gasteiger partial charge in [0.05, 0.1) is 26.3 Å². The molecule has 0 aliphatic rings. The minimum Gasteiger partial charge on any atom is -0.497 e. The second-order valence-corrected chi connectivity index (χ2v) is 8.78. The van der Waals surface area contributed by atoms with Gasteiger partial charge in [0.15, 0.2) is 0 Å². The quantitative estimate of drug-likeness (QED) is 0.448. The number of hydrogen-bond donors (Lipinski definition) is 1. The highest BCUT2D eigenvalue weighted by Crippen LogP contribution is 2.31. The molecule has 0 saturated heterocycles. The van der Waals surface area contributed by atoms with E-state index >= 15 is 0 Å². The van der Waals surface area contributed by atoms with Crippen molar-refractivity contribution in [3.8, 4) is 11.5 Å². The number of methoxy groups -OCH3 is 2. The van der Waals surface area contributed by atoms with Crippen molar-refractivity contribution in [2.75, 3.05) is 19.5 Å². The summed E-state index contributed by atoms with van der Waals surface area (Å²) in [6, 6.07) is 21.8. The van der Waals surface area contributed by atoms with Crippen molar-refractivity contribution in [1.82, 2.24) is 4.90 Å². The standard InChI is InChI=1S/C27H29ClN2O4/c1-27(2,26(32)29-23-15-14-22(33-3)17-24(23)34-4)30(18-20-10-12-21(28)13-11-20)25(31)16-19-8-6-5-7-9-19/h5-15,17H,16,18H2,1-4H3,(H,29,32). The SMILES string of the molecule is COc1ccc(NC(=O)C(C)(C)N(Cc2ccc(Cl)cc2)C(=O)Cc2ccccc2)c(OC)c1. The first-order chi connectivity index (χ1) is 16.2. The van der Waals surface area contributed by atoms with Crippen LogP contribution in [0.1, 0.15) is 25.0 Å². The van der Waals surface area contributed by atoms with Gasteiger partial charge in [0, 0.05) is 17.6 Å². The van der Waals surface area contributed by atoms with Crippen LogP contribution in [0.4, 0.5) is 5.69 Å². The highest BCUT2D eigenvalue weighted by atomic mass is 35.5. The van der Waals surface area contributed by atoms with E-state index in [1.54, 1.807) is 56.2 Å². The van der Waals surface area contributed by atoms with Crippen LogP contribution in [0, 0.1) is 0 Å². The summed E-state index contributed by atoms with van der Waals surface area (Å²) in [6.07, 6.45) is 0.178. The molecule has 0 atom stereocenters. The Balaban J connectivity index is 1.89. The summed E-state index contributed by atoms with van der Waals surface area (Å²) in [6.45, 7) is 3.72. The number of nitrogens with zero attached hydrogens (tertiary/aromatic N) is 1. The Bertz CT molecular complexity index is 1130. The van der Waals surface area contributed by atoms with Gasteiger partial charge in [0.2, 0.25) is 11.8 Å². The van der Waals surface area contributed by atoms with E-state index < -0.39 is 5.54 Å². The highest BCUT2D eigenvalue weighted by molar-refractivity contribution is 6.30. The Morgan fingerprint density at radius 2 is 1.59 bits per heavy atom. The molecular formula is C27H29ClN2O4. The number of rotatable bonds is 9. The lowest BCUT2D eigenvalue weighted by atomic mass is 9.98. The van der Waals surface area contributed by atoms with E-state index in [4.69, 9.17) is 21.1 Å². The minimum atomic E-state index is -1.17. The zero-order valence-electron chi connectivity index (χ0n) is 19.8. The van der Waals surface area contributed by atoms with Gasteiger partial charge < -0.3 is 19.7 Å². The van der Waals surface area contributed by atoms with Gasteiger partial charge in [-0.25, -0.2) is 0 Å². The Hall–Kier alpha value is -3.51. The molecule has 0 aliphatic heterocycles. The van der Waals surface area contributed by atoms with Crippen molar-refractivity contribution < 1.29 is 19.1 Å². The first-order valence-electron chi connectivity index (χ1n) is 10.9. The normalized spacial score (nSPS) is 11.0. The number of anilines is 1. The third kappa shape index (κ3) is 6.08. The van der Waals surface area contributed by atoms with Crippen molar-refractivity contribution in [1.29, 1.82) is 0 Å². The summed E-state index contributed by atoms with van der Waals surface area (Å²) in [5.41, 5.74) is 1.06. The van der Waals surface area contributed by atoms with E-state index in [0.717, 1.165) is 11.1 Å². The van der Waals surface area contributed by atoms with E-state index in [-0.39, 0.29) is 24.8 Å². The summed E-state index contributed by atoms with van der Waals surface area (Å²) in [7, 11) is 3.08. The summed E-state index contributed by atoms with van der Waals surface area (Å²) in [4.78, 5) is 28.6. The lowest BCUT2D eigenvalue weighted by Gasteiger charge is -2.37. The van der Waals surface area contributed by atoms with Gasteiger partial charge in [-0.15, -0.1) is 0 Å². The maximum Gasteiger partial charge on any atom is 0.249 e. The number of carbonyl (C=O) groups excluding carboxylic acids is 2. The summed E-state index contributed by atoms with van der Waals surface area (Å²) < 4.78 is 10.6. The van der Waals surface area contributed by atoms with Gasteiger partial charge in [-0.05, 0) is 49.2 Å². The lowest BCUT2D eigenvalue weighted by Crippen LogP contribution is -2.55. The van der Waals surface area contributed by atoms with Gasteiger partial charge in [-0.3, -0.25) is 9.59 Å². The molecule has 0 radical (unpaired) electrons. The summed E-state index contributed by atoms with van der Waals surface area (Å²) >= 11 is 6.03. The third-order valence-electron chi connectivity index (χ3n) is 5.64. The number of halogens is 1. The number of amides is 2. The first kappa shape index (κ1) is 25.1. The van der Waals surface area contributed by atoms with E-state index in [9.17, 15) is 9.59 Å². The average molecular weight is 481 g/mol. The maximum absolute atomic E-state index is 13.5. The molecule has 178 valence electrons. The van der Waals surface area contributed by atoms with Crippen LogP contribution >= 0.6 is 11.6 Å². The van der Waals surface area contributed by atoms with E-state index in [0.29, 0.717) is 22.2 Å². The minimum absolute atomic E-state index is 0.164. The van der Waals surface area contributed by atoms with Crippen LogP contribution in [-0.2, 0) is 22.6 Å². The average Bonchev–Trinajstić information content (AvgIpc) is 2.84. The maximum atomic E-state index is 13.5. The van der Waals surface area contributed by atoms with Gasteiger partial charge in [-0.1, -0.05) is 54.1 Å². The first-order valence-corrected chi connectivity index (χ1v) is 11.2. The van der Waals surface area contributed by atoms with Crippen molar-refractivity contribution in [2.24, 2.45) is 0 Å². The van der Waals surface area contributed by atoms with Crippen LogP contribution in [0.25, 0.3) is 0 Å². The molecule has 3 aromatic carbocycles. The topological polar surface area (TPSA) is 67.9 Å². The summed E-state index contributed by atoms with van der Waals surface area (Å²) in [5.74, 6) is 0.564. The van der Waals surface area contributed by atoms with Gasteiger partial charge >= 0.3 is 0 Å². The van der Waals surface area contributed by atoms with E-state index in [1.165, 1.54) is 7.11 Å². The Morgan fingerprint density at radius 1 is 0.912 bits per heavy atom. The van der Waals surface area contributed by atoms with Gasteiger partial charge in [0.1, 0.15) is 17.0 Å². The smallest absolute Gasteiger partial charge is 0.249 e. The molecule has 0 heterocycles. The molecule has 0 aliphatic carbocycles. The Kier molecular flexibility index (Phi) is 8.18. The highest BCUT2D eigenvalue weighted by Gasteiger charge is 2.38. The Labute approximate surface area is 205 Å². The zero-order chi connectivity index (χ0) is 24.7. The zero-order valence-corrected chi connectivity index (χ0v) is 20.6. The predicted octanol–water partition coefficient (Wildman–Crippen LogP) is 5.35. The third-order valence-corrected chi connectivity index (χ3v) is 5.89. The van der Waals surface area contributed by atoms with Crippen molar-refractivity contribution in [3.05, 3.63) is 88.9 Å². The molecule has 1 N–H and O–H groups in total. The number of ether oxygens (including phenoxy) is 2. The molecule has 2 amide bonds. The van der Waals surface area contributed by atoms with Crippen molar-refractivity contribution in [2.45, 2.75) is 32.4 Å². The lowest BCUT2D eigenvalue weighted by molar-refractivity contribution is -0.144. The number of carbonyl (C=O) groups is 2. The number of benzene rings is 3. The summed E-state index contributed by atoms with van der Waals surface area (Å²) in [5, 5.41) is 3.52. The Morgan fingerprint density at radius 3 is 2.21 bits per heavy atom. The molecule has 3 aromatic rings. The number of hydrogen-bond acceptors (Lipinski definition) is 4. The molecule has 0 saturated carbocycles. The van der Waals surface area contributed by atoms with E-state index in [1.807, 2.05) is 42.5 Å². The monoisotopic (exact) mass is 480 g/mol. The van der Waals surface area contributed by atoms with Crippen LogP contribution in [-0.4, -0.2) is 36.5 Å². The predicted molar refractivity (Wildman–Crippen MR) is 134 cm³/mol. The van der Waals surface area contributed by atoms with Crippen molar-refractivity contribution >= 4 is 29.1 Å². The van der Waals surface area contributed by atoms with E-state index in [2.05, 4.69) is 5.32 Å². The fourth-order valence-electron chi connectivity index (χ4n) is 3.54.